The smallest absolute Gasteiger partial charge is 0.217 e. The van der Waals surface area contributed by atoms with Crippen LogP contribution in [0.2, 0.25) is 0 Å². The van der Waals surface area contributed by atoms with Gasteiger partial charge in [-0.05, 0) is 20.8 Å². The fourth-order valence-electron chi connectivity index (χ4n) is 0.482. The summed E-state index contributed by atoms with van der Waals surface area (Å²) in [5.41, 5.74) is -0.842. The molecule has 0 heterocycles. The van der Waals surface area contributed by atoms with E-state index >= 15 is 0 Å². The van der Waals surface area contributed by atoms with Gasteiger partial charge in [-0.2, -0.15) is 0 Å². The highest BCUT2D eigenvalue weighted by Crippen LogP contribution is 2.06. The van der Waals surface area contributed by atoms with E-state index in [-0.39, 0.29) is 11.9 Å². The molecule has 3 nitrogen and oxygen atoms in total. The quantitative estimate of drug-likeness (QED) is 0.586. The lowest BCUT2D eigenvalue weighted by Gasteiger charge is -2.25. The molecule has 0 spiro atoms. The molecule has 3 heteroatoms. The fourth-order valence-corrected chi connectivity index (χ4v) is 0.482. The van der Waals surface area contributed by atoms with Gasteiger partial charge in [0.2, 0.25) is 5.91 Å². The van der Waals surface area contributed by atoms with Gasteiger partial charge in [0.05, 0.1) is 11.6 Å². The summed E-state index contributed by atoms with van der Waals surface area (Å²) in [6.07, 6.45) is 0. The second-order valence-electron chi connectivity index (χ2n) is 3.08. The summed E-state index contributed by atoms with van der Waals surface area (Å²) >= 11 is 0. The highest BCUT2D eigenvalue weighted by molar-refractivity contribution is 5.73. The maximum absolute atomic E-state index is 10.5. The predicted molar refractivity (Wildman–Crippen MR) is 39.6 cm³/mol. The van der Waals surface area contributed by atoms with Crippen molar-refractivity contribution in [2.45, 2.75) is 39.3 Å². The van der Waals surface area contributed by atoms with E-state index in [0.29, 0.717) is 0 Å². The minimum absolute atomic E-state index is 0.116. The van der Waals surface area contributed by atoms with Crippen LogP contribution in [0, 0.1) is 0 Å². The molecule has 10 heavy (non-hydrogen) atoms. The van der Waals surface area contributed by atoms with E-state index in [1.165, 1.54) is 6.92 Å². The third-order valence-electron chi connectivity index (χ3n) is 1.48. The van der Waals surface area contributed by atoms with Crippen molar-refractivity contribution in [3.05, 3.63) is 0 Å². The third kappa shape index (κ3) is 3.45. The first-order valence-electron chi connectivity index (χ1n) is 3.33. The van der Waals surface area contributed by atoms with Gasteiger partial charge in [-0.15, -0.1) is 0 Å². The van der Waals surface area contributed by atoms with Gasteiger partial charge in [-0.1, -0.05) is 0 Å². The monoisotopic (exact) mass is 145 g/mol. The van der Waals surface area contributed by atoms with Crippen LogP contribution in [0.15, 0.2) is 0 Å². The minimum Gasteiger partial charge on any atom is -0.388 e. The van der Waals surface area contributed by atoms with E-state index in [4.69, 9.17) is 0 Å². The maximum atomic E-state index is 10.5. The molecule has 1 atom stereocenters. The van der Waals surface area contributed by atoms with E-state index < -0.39 is 5.60 Å². The Balaban J connectivity index is 3.85. The summed E-state index contributed by atoms with van der Waals surface area (Å²) in [7, 11) is 0. The summed E-state index contributed by atoms with van der Waals surface area (Å²) in [5.74, 6) is -0.116. The molecule has 0 aliphatic carbocycles. The van der Waals surface area contributed by atoms with Crippen LogP contribution in [0.1, 0.15) is 27.7 Å². The zero-order valence-corrected chi connectivity index (χ0v) is 6.93. The Morgan fingerprint density at radius 3 is 2.10 bits per heavy atom. The average molecular weight is 145 g/mol. The van der Waals surface area contributed by atoms with Gasteiger partial charge in [0.1, 0.15) is 0 Å². The first kappa shape index (κ1) is 9.43. The lowest BCUT2D eigenvalue weighted by atomic mass is 10.0. The zero-order chi connectivity index (χ0) is 8.36. The molecule has 2 N–H and O–H groups in total. The third-order valence-corrected chi connectivity index (χ3v) is 1.48. The number of hydrogen-bond donors (Lipinski definition) is 2. The van der Waals surface area contributed by atoms with Crippen molar-refractivity contribution in [3.8, 4) is 0 Å². The van der Waals surface area contributed by atoms with Gasteiger partial charge in [-0.25, -0.2) is 0 Å². The Kier molecular flexibility index (Phi) is 2.84. The molecule has 60 valence electrons. The van der Waals surface area contributed by atoms with Gasteiger partial charge in [0.25, 0.3) is 0 Å². The van der Waals surface area contributed by atoms with Crippen molar-refractivity contribution in [2.75, 3.05) is 0 Å². The largest absolute Gasteiger partial charge is 0.388 e. The van der Waals surface area contributed by atoms with Crippen molar-refractivity contribution in [2.24, 2.45) is 0 Å². The molecule has 0 aromatic carbocycles. The van der Waals surface area contributed by atoms with Crippen LogP contribution in [0.4, 0.5) is 0 Å². The number of rotatable bonds is 2. The van der Waals surface area contributed by atoms with Crippen LogP contribution in [0.3, 0.4) is 0 Å². The second kappa shape index (κ2) is 3.01. The van der Waals surface area contributed by atoms with Crippen LogP contribution in [-0.2, 0) is 4.79 Å². The van der Waals surface area contributed by atoms with Crippen molar-refractivity contribution >= 4 is 5.91 Å². The lowest BCUT2D eigenvalue weighted by Crippen LogP contribution is -2.46. The number of amides is 1. The van der Waals surface area contributed by atoms with Crippen molar-refractivity contribution in [3.63, 3.8) is 0 Å². The zero-order valence-electron chi connectivity index (χ0n) is 6.93. The van der Waals surface area contributed by atoms with E-state index in [1.807, 2.05) is 0 Å². The molecule has 0 saturated heterocycles. The Morgan fingerprint density at radius 2 is 2.00 bits per heavy atom. The summed E-state index contributed by atoms with van der Waals surface area (Å²) in [6.45, 7) is 6.52. The number of aliphatic hydroxyl groups is 1. The SMILES string of the molecule is CC(=O)NC(C)C(C)(C)O. The molecular weight excluding hydrogens is 130 g/mol. The Morgan fingerprint density at radius 1 is 1.60 bits per heavy atom. The standard InChI is InChI=1S/C7H15NO2/c1-5(7(3,4)10)8-6(2)9/h5,10H,1-4H3,(H,8,9). The summed E-state index contributed by atoms with van der Waals surface area (Å²) < 4.78 is 0. The van der Waals surface area contributed by atoms with Crippen LogP contribution >= 0.6 is 0 Å². The van der Waals surface area contributed by atoms with Crippen molar-refractivity contribution in [1.29, 1.82) is 0 Å². The molecule has 0 aliphatic rings. The fraction of sp³-hybridized carbons (Fsp3) is 0.857. The van der Waals surface area contributed by atoms with Crippen LogP contribution in [0.5, 0.6) is 0 Å². The summed E-state index contributed by atoms with van der Waals surface area (Å²) in [5, 5.41) is 11.9. The van der Waals surface area contributed by atoms with Crippen LogP contribution in [0.25, 0.3) is 0 Å². The first-order valence-corrected chi connectivity index (χ1v) is 3.33. The molecule has 0 saturated carbocycles. The predicted octanol–water partition coefficient (Wildman–Crippen LogP) is 0.282. The van der Waals surface area contributed by atoms with Crippen molar-refractivity contribution in [1.82, 2.24) is 5.32 Å². The normalized spacial score (nSPS) is 14.5. The molecule has 0 aromatic rings. The number of nitrogens with one attached hydrogen (secondary N) is 1. The lowest BCUT2D eigenvalue weighted by molar-refractivity contribution is -0.121. The highest BCUT2D eigenvalue weighted by atomic mass is 16.3. The first-order chi connectivity index (χ1) is 4.34. The van der Waals surface area contributed by atoms with Gasteiger partial charge in [0.15, 0.2) is 0 Å². The Labute approximate surface area is 61.4 Å². The van der Waals surface area contributed by atoms with Gasteiger partial charge in [-0.3, -0.25) is 4.79 Å². The van der Waals surface area contributed by atoms with E-state index in [0.717, 1.165) is 0 Å². The molecule has 1 amide bonds. The van der Waals surface area contributed by atoms with Gasteiger partial charge in [0, 0.05) is 6.92 Å². The number of hydrogen-bond acceptors (Lipinski definition) is 2. The maximum Gasteiger partial charge on any atom is 0.217 e. The minimum atomic E-state index is -0.842. The van der Waals surface area contributed by atoms with Gasteiger partial charge < -0.3 is 10.4 Å². The molecule has 0 aromatic heterocycles. The van der Waals surface area contributed by atoms with Gasteiger partial charge >= 0.3 is 0 Å². The Hall–Kier alpha value is -0.570. The van der Waals surface area contributed by atoms with Crippen LogP contribution in [-0.4, -0.2) is 22.7 Å². The molecule has 0 bridgehead atoms. The topological polar surface area (TPSA) is 49.3 Å². The average Bonchev–Trinajstić information content (AvgIpc) is 1.60. The second-order valence-corrected chi connectivity index (χ2v) is 3.08. The van der Waals surface area contributed by atoms with E-state index in [9.17, 15) is 9.90 Å². The number of carbonyl (C=O) groups excluding carboxylic acids is 1. The molecule has 1 unspecified atom stereocenters. The molecule has 0 fully saturated rings. The summed E-state index contributed by atoms with van der Waals surface area (Å²) in [6, 6.07) is -0.204. The highest BCUT2D eigenvalue weighted by Gasteiger charge is 2.22. The molecule has 0 rings (SSSR count). The van der Waals surface area contributed by atoms with Crippen LogP contribution < -0.4 is 5.32 Å². The number of carbonyl (C=O) groups is 1. The molecule has 0 radical (unpaired) electrons. The molecular formula is C7H15NO2. The van der Waals surface area contributed by atoms with E-state index in [1.54, 1.807) is 20.8 Å². The Bertz CT molecular complexity index is 126. The van der Waals surface area contributed by atoms with E-state index in [2.05, 4.69) is 5.32 Å². The van der Waals surface area contributed by atoms with Crippen molar-refractivity contribution < 1.29 is 9.90 Å². The molecule has 0 aliphatic heterocycles. The summed E-state index contributed by atoms with van der Waals surface area (Å²) in [4.78, 5) is 10.5.